The Morgan fingerprint density at radius 2 is 1.63 bits per heavy atom. The molecule has 0 aromatic heterocycles. The van der Waals surface area contributed by atoms with Crippen molar-refractivity contribution in [3.05, 3.63) is 29.3 Å². The Kier molecular flexibility index (Phi) is 6.69. The Balaban J connectivity index is 1.23. The Morgan fingerprint density at radius 3 is 2.34 bits per heavy atom. The standard InChI is InChI=1S/C32H45NO5/c1-31-13-10-21(34)18-20(31)6-7-22-23-8-9-25(32(23,2)14-11-24(22)31)26-12-15-33-30(38-26)19-16-27(35-3)29(37-5)28(17-19)36-4/h6,16-17,21-26,34H,7-15,18H2,1-5H3/t21-,22-,23-,24-,25+,26+,31-,32-/m0/s1. The van der Waals surface area contributed by atoms with Crippen LogP contribution in [0.15, 0.2) is 28.8 Å². The normalized spacial score (nSPS) is 40.1. The predicted octanol–water partition coefficient (Wildman–Crippen LogP) is 6.19. The van der Waals surface area contributed by atoms with Crippen LogP contribution in [-0.2, 0) is 4.74 Å². The lowest BCUT2D eigenvalue weighted by Gasteiger charge is -2.58. The summed E-state index contributed by atoms with van der Waals surface area (Å²) < 4.78 is 23.5. The minimum absolute atomic E-state index is 0.138. The molecule has 0 bridgehead atoms. The van der Waals surface area contributed by atoms with Gasteiger partial charge in [0.25, 0.3) is 0 Å². The van der Waals surface area contributed by atoms with E-state index in [2.05, 4.69) is 19.9 Å². The number of rotatable bonds is 5. The third-order valence-corrected chi connectivity index (χ3v) is 11.4. The first-order valence-electron chi connectivity index (χ1n) is 14.7. The van der Waals surface area contributed by atoms with Crippen molar-refractivity contribution in [1.29, 1.82) is 0 Å². The van der Waals surface area contributed by atoms with Gasteiger partial charge in [0.2, 0.25) is 11.6 Å². The zero-order chi connectivity index (χ0) is 26.7. The molecule has 1 aromatic carbocycles. The highest BCUT2D eigenvalue weighted by molar-refractivity contribution is 5.96. The summed E-state index contributed by atoms with van der Waals surface area (Å²) in [6.07, 6.45) is 12.9. The van der Waals surface area contributed by atoms with Gasteiger partial charge in [-0.25, -0.2) is 0 Å². The fourth-order valence-electron chi connectivity index (χ4n) is 9.47. The number of hydrogen-bond donors (Lipinski definition) is 1. The van der Waals surface area contributed by atoms with Crippen LogP contribution in [0.5, 0.6) is 17.2 Å². The van der Waals surface area contributed by atoms with Crippen LogP contribution in [0.25, 0.3) is 0 Å². The molecule has 6 heteroatoms. The van der Waals surface area contributed by atoms with Gasteiger partial charge in [-0.05, 0) is 92.1 Å². The molecule has 3 saturated carbocycles. The fraction of sp³-hybridized carbons (Fsp3) is 0.719. The number of nitrogens with zero attached hydrogens (tertiary/aromatic N) is 1. The molecule has 3 fully saturated rings. The van der Waals surface area contributed by atoms with Gasteiger partial charge in [0.15, 0.2) is 11.5 Å². The van der Waals surface area contributed by atoms with Crippen molar-refractivity contribution in [1.82, 2.24) is 0 Å². The Morgan fingerprint density at radius 1 is 0.895 bits per heavy atom. The summed E-state index contributed by atoms with van der Waals surface area (Å²) in [5, 5.41) is 10.3. The van der Waals surface area contributed by atoms with E-state index in [1.165, 1.54) is 32.1 Å². The summed E-state index contributed by atoms with van der Waals surface area (Å²) in [5.41, 5.74) is 3.02. The molecule has 8 atom stereocenters. The van der Waals surface area contributed by atoms with Crippen LogP contribution < -0.4 is 14.2 Å². The average Bonchev–Trinajstić information content (AvgIpc) is 3.29. The van der Waals surface area contributed by atoms with Crippen molar-refractivity contribution in [3.63, 3.8) is 0 Å². The van der Waals surface area contributed by atoms with Crippen LogP contribution in [0, 0.1) is 34.5 Å². The molecule has 1 heterocycles. The number of fused-ring (bicyclic) bond motifs is 5. The molecule has 0 spiro atoms. The Labute approximate surface area is 227 Å². The highest BCUT2D eigenvalue weighted by Gasteiger charge is 2.60. The van der Waals surface area contributed by atoms with Gasteiger partial charge in [-0.1, -0.05) is 25.5 Å². The largest absolute Gasteiger partial charge is 0.493 e. The maximum Gasteiger partial charge on any atom is 0.216 e. The Bertz CT molecular complexity index is 1100. The smallest absolute Gasteiger partial charge is 0.216 e. The molecule has 0 saturated heterocycles. The van der Waals surface area contributed by atoms with Gasteiger partial charge in [-0.3, -0.25) is 4.99 Å². The van der Waals surface area contributed by atoms with E-state index in [1.807, 2.05) is 12.1 Å². The van der Waals surface area contributed by atoms with Gasteiger partial charge in [0.1, 0.15) is 6.10 Å². The van der Waals surface area contributed by atoms with Crippen molar-refractivity contribution >= 4 is 5.90 Å². The van der Waals surface area contributed by atoms with Gasteiger partial charge in [0, 0.05) is 24.4 Å². The first kappa shape index (κ1) is 26.0. The number of methoxy groups -OCH3 is 3. The summed E-state index contributed by atoms with van der Waals surface area (Å²) >= 11 is 0. The average molecular weight is 524 g/mol. The molecule has 0 unspecified atom stereocenters. The van der Waals surface area contributed by atoms with Crippen LogP contribution in [0.1, 0.15) is 77.2 Å². The van der Waals surface area contributed by atoms with E-state index in [1.54, 1.807) is 26.9 Å². The number of benzene rings is 1. The number of hydrogen-bond acceptors (Lipinski definition) is 6. The lowest BCUT2D eigenvalue weighted by atomic mass is 9.47. The fourth-order valence-corrected chi connectivity index (χ4v) is 9.47. The van der Waals surface area contributed by atoms with E-state index < -0.39 is 0 Å². The molecule has 38 heavy (non-hydrogen) atoms. The first-order valence-corrected chi connectivity index (χ1v) is 14.7. The zero-order valence-electron chi connectivity index (χ0n) is 23.8. The summed E-state index contributed by atoms with van der Waals surface area (Å²) in [6, 6.07) is 3.89. The molecule has 6 rings (SSSR count). The molecule has 1 N–H and O–H groups in total. The maximum absolute atomic E-state index is 10.3. The van der Waals surface area contributed by atoms with Crippen molar-refractivity contribution in [2.45, 2.75) is 83.8 Å². The third-order valence-electron chi connectivity index (χ3n) is 11.4. The number of ether oxygens (including phenoxy) is 4. The van der Waals surface area contributed by atoms with Crippen LogP contribution in [-0.4, -0.2) is 51.1 Å². The van der Waals surface area contributed by atoms with Gasteiger partial charge < -0.3 is 24.1 Å². The third kappa shape index (κ3) is 3.96. The lowest BCUT2D eigenvalue weighted by molar-refractivity contribution is -0.0698. The Hall–Kier alpha value is -2.21. The maximum atomic E-state index is 10.3. The van der Waals surface area contributed by atoms with E-state index in [0.717, 1.165) is 55.5 Å². The molecule has 208 valence electrons. The molecular weight excluding hydrogens is 478 g/mol. The quantitative estimate of drug-likeness (QED) is 0.466. The summed E-state index contributed by atoms with van der Waals surface area (Å²) in [7, 11) is 4.91. The molecule has 5 aliphatic rings. The topological polar surface area (TPSA) is 69.5 Å². The highest BCUT2D eigenvalue weighted by Crippen LogP contribution is 2.67. The van der Waals surface area contributed by atoms with Gasteiger partial charge in [0.05, 0.1) is 27.4 Å². The monoisotopic (exact) mass is 523 g/mol. The second-order valence-corrected chi connectivity index (χ2v) is 12.9. The number of aliphatic hydroxyl groups is 1. The van der Waals surface area contributed by atoms with Crippen LogP contribution >= 0.6 is 0 Å². The second kappa shape index (κ2) is 9.76. The molecule has 4 aliphatic carbocycles. The van der Waals surface area contributed by atoms with Crippen molar-refractivity contribution in [2.75, 3.05) is 27.9 Å². The summed E-state index contributed by atoms with van der Waals surface area (Å²) in [4.78, 5) is 4.79. The molecule has 0 radical (unpaired) electrons. The van der Waals surface area contributed by atoms with E-state index in [4.69, 9.17) is 23.9 Å². The lowest BCUT2D eigenvalue weighted by Crippen LogP contribution is -2.51. The molecule has 0 amide bonds. The number of aliphatic hydroxyl groups excluding tert-OH is 1. The number of aliphatic imine (C=N–C) groups is 1. The number of allylic oxidation sites excluding steroid dienone is 1. The minimum atomic E-state index is -0.138. The van der Waals surface area contributed by atoms with Crippen LogP contribution in [0.4, 0.5) is 0 Å². The zero-order valence-corrected chi connectivity index (χ0v) is 23.8. The van der Waals surface area contributed by atoms with Crippen LogP contribution in [0.3, 0.4) is 0 Å². The van der Waals surface area contributed by atoms with Crippen LogP contribution in [0.2, 0.25) is 0 Å². The van der Waals surface area contributed by atoms with Crippen molar-refractivity contribution in [3.8, 4) is 17.2 Å². The van der Waals surface area contributed by atoms with E-state index in [0.29, 0.717) is 34.5 Å². The minimum Gasteiger partial charge on any atom is -0.493 e. The summed E-state index contributed by atoms with van der Waals surface area (Å²) in [6.45, 7) is 5.87. The van der Waals surface area contributed by atoms with Gasteiger partial charge in [-0.2, -0.15) is 0 Å². The highest BCUT2D eigenvalue weighted by atomic mass is 16.5. The van der Waals surface area contributed by atoms with E-state index >= 15 is 0 Å². The molecule has 1 aliphatic heterocycles. The molecular formula is C32H45NO5. The second-order valence-electron chi connectivity index (χ2n) is 12.9. The predicted molar refractivity (Wildman–Crippen MR) is 148 cm³/mol. The van der Waals surface area contributed by atoms with Gasteiger partial charge >= 0.3 is 0 Å². The molecule has 1 aromatic rings. The van der Waals surface area contributed by atoms with Gasteiger partial charge in [-0.15, -0.1) is 0 Å². The SMILES string of the molecule is COc1cc(C2=NCC[C@H]([C@H]3CC[C@H]4[C@@H]5CC=C6C[C@@H](O)CC[C@]6(C)[C@H]5CC[C@]34C)O2)cc(OC)c1OC. The summed E-state index contributed by atoms with van der Waals surface area (Å²) in [5.74, 6) is 5.34. The van der Waals surface area contributed by atoms with Crippen molar-refractivity contribution < 1.29 is 24.1 Å². The van der Waals surface area contributed by atoms with Crippen molar-refractivity contribution in [2.24, 2.45) is 39.5 Å². The van der Waals surface area contributed by atoms with E-state index in [9.17, 15) is 5.11 Å². The molecule has 6 nitrogen and oxygen atoms in total. The van der Waals surface area contributed by atoms with E-state index in [-0.39, 0.29) is 17.6 Å². The first-order chi connectivity index (χ1) is 18.3.